The average Bonchev–Trinajstić information content (AvgIpc) is 2.89. The molecule has 1 heterocycles. The summed E-state index contributed by atoms with van der Waals surface area (Å²) in [7, 11) is 0. The summed E-state index contributed by atoms with van der Waals surface area (Å²) >= 11 is 24.9. The third kappa shape index (κ3) is 10.5. The summed E-state index contributed by atoms with van der Waals surface area (Å²) in [5.41, 5.74) is 3.72. The third-order valence-corrected chi connectivity index (χ3v) is 7.98. The molecule has 0 fully saturated rings. The molecule has 0 saturated heterocycles. The summed E-state index contributed by atoms with van der Waals surface area (Å²) in [6, 6.07) is 15.1. The van der Waals surface area contributed by atoms with E-state index in [-0.39, 0.29) is 5.82 Å². The number of pyridine rings is 1. The zero-order valence-electron chi connectivity index (χ0n) is 21.5. The van der Waals surface area contributed by atoms with E-state index >= 15 is 0 Å². The largest absolute Gasteiger partial charge is 0.353 e. The van der Waals surface area contributed by atoms with Crippen LogP contribution in [-0.4, -0.2) is 14.1 Å². The molecule has 0 spiro atoms. The Morgan fingerprint density at radius 2 is 1.53 bits per heavy atom. The van der Waals surface area contributed by atoms with E-state index in [0.29, 0.717) is 6.42 Å². The Kier molecular flexibility index (Phi) is 12.9. The van der Waals surface area contributed by atoms with Gasteiger partial charge in [0.05, 0.1) is 4.51 Å². The second-order valence-corrected chi connectivity index (χ2v) is 13.0. The fourth-order valence-electron chi connectivity index (χ4n) is 3.96. The van der Waals surface area contributed by atoms with E-state index in [9.17, 15) is 4.39 Å². The molecule has 0 aliphatic rings. The number of aryl methyl sites for hydroxylation is 1. The van der Waals surface area contributed by atoms with Crippen molar-refractivity contribution >= 4 is 58.8 Å². The number of hydrogen-bond acceptors (Lipinski definition) is 2. The second-order valence-electron chi connectivity index (χ2n) is 8.97. The highest BCUT2D eigenvalue weighted by atomic mass is 35.6. The molecule has 0 bridgehead atoms. The van der Waals surface area contributed by atoms with E-state index in [1.165, 1.54) is 17.0 Å². The van der Waals surface area contributed by atoms with Gasteiger partial charge in [0, 0.05) is 40.7 Å². The van der Waals surface area contributed by atoms with Crippen LogP contribution in [0, 0.1) is 10.3 Å². The minimum absolute atomic E-state index is 0.262. The van der Waals surface area contributed by atoms with Crippen LogP contribution < -0.4 is 0 Å². The number of rotatable bonds is 13. The monoisotopic (exact) mass is 607 g/mol. The van der Waals surface area contributed by atoms with Gasteiger partial charge in [0.2, 0.25) is 0 Å². The first-order valence-corrected chi connectivity index (χ1v) is 15.4. The van der Waals surface area contributed by atoms with Gasteiger partial charge in [0.25, 0.3) is 0 Å². The molecule has 0 aliphatic carbocycles. The maximum Gasteiger partial charge on any atom is 0.190 e. The Hall–Kier alpha value is -1.56. The predicted molar refractivity (Wildman–Crippen MR) is 169 cm³/mol. The van der Waals surface area contributed by atoms with Crippen LogP contribution >= 0.6 is 58.8 Å². The maximum atomic E-state index is 13.9. The Morgan fingerprint density at radius 1 is 0.868 bits per heavy atom. The van der Waals surface area contributed by atoms with E-state index in [0.717, 1.165) is 71.2 Å². The molecule has 0 unspecified atom stereocenters. The third-order valence-electron chi connectivity index (χ3n) is 6.01. The van der Waals surface area contributed by atoms with Gasteiger partial charge in [0.1, 0.15) is 5.82 Å². The van der Waals surface area contributed by atoms with E-state index in [4.69, 9.17) is 47.0 Å². The van der Waals surface area contributed by atoms with Gasteiger partial charge in [-0.1, -0.05) is 95.6 Å². The van der Waals surface area contributed by atoms with Gasteiger partial charge in [-0.25, -0.2) is 4.39 Å². The van der Waals surface area contributed by atoms with Crippen LogP contribution in [0.5, 0.6) is 0 Å². The van der Waals surface area contributed by atoms with Crippen LogP contribution in [0.4, 0.5) is 4.39 Å². The number of hydrogen-bond donors (Lipinski definition) is 0. The molecule has 38 heavy (non-hydrogen) atoms. The smallest absolute Gasteiger partial charge is 0.190 e. The van der Waals surface area contributed by atoms with Crippen molar-refractivity contribution in [3.05, 3.63) is 95.6 Å². The zero-order chi connectivity index (χ0) is 27.4. The summed E-state index contributed by atoms with van der Waals surface area (Å²) in [6.45, 7) is 2.89. The molecule has 0 saturated carbocycles. The summed E-state index contributed by atoms with van der Waals surface area (Å²) < 4.78 is 15.6. The van der Waals surface area contributed by atoms with Gasteiger partial charge >= 0.3 is 0 Å². The van der Waals surface area contributed by atoms with Gasteiger partial charge in [-0.15, -0.1) is 11.8 Å². The van der Waals surface area contributed by atoms with Crippen LogP contribution in [-0.2, 0) is 6.54 Å². The molecule has 1 nitrogen and oxygen atoms in total. The van der Waals surface area contributed by atoms with Crippen molar-refractivity contribution in [2.75, 3.05) is 5.75 Å². The molecule has 3 aromatic rings. The van der Waals surface area contributed by atoms with Crippen molar-refractivity contribution < 1.29 is 4.39 Å². The number of unbranched alkanes of at least 4 members (excludes halogenated alkanes) is 3. The van der Waals surface area contributed by atoms with Crippen molar-refractivity contribution in [3.63, 3.8) is 0 Å². The van der Waals surface area contributed by atoms with Gasteiger partial charge in [-0.3, -0.25) is 0 Å². The zero-order valence-corrected chi connectivity index (χ0v) is 25.4. The summed E-state index contributed by atoms with van der Waals surface area (Å²) in [5, 5.41) is 0. The minimum Gasteiger partial charge on any atom is -0.353 e. The van der Waals surface area contributed by atoms with Crippen LogP contribution in [0.1, 0.15) is 45.4 Å². The van der Waals surface area contributed by atoms with Gasteiger partial charge in [0.15, 0.2) is 3.79 Å². The predicted octanol–water partition coefficient (Wildman–Crippen LogP) is 11.6. The Balaban J connectivity index is 1.50. The molecule has 0 atom stereocenters. The van der Waals surface area contributed by atoms with Crippen LogP contribution in [0.25, 0.3) is 22.3 Å². The van der Waals surface area contributed by atoms with Crippen LogP contribution in [0.15, 0.2) is 90.1 Å². The Labute approximate surface area is 250 Å². The molecule has 7 heteroatoms. The number of allylic oxidation sites excluding steroid dienone is 3. The second kappa shape index (κ2) is 15.9. The van der Waals surface area contributed by atoms with Crippen molar-refractivity contribution in [2.24, 2.45) is 0 Å². The lowest BCUT2D eigenvalue weighted by Gasteiger charge is -2.13. The van der Waals surface area contributed by atoms with E-state index in [1.54, 1.807) is 6.07 Å². The maximum absolute atomic E-state index is 13.9. The van der Waals surface area contributed by atoms with Gasteiger partial charge in [-0.05, 0) is 80.8 Å². The van der Waals surface area contributed by atoms with Crippen molar-refractivity contribution in [1.82, 2.24) is 4.57 Å². The molecule has 0 N–H and O–H groups in total. The first-order valence-electron chi connectivity index (χ1n) is 12.9. The Bertz CT molecular complexity index is 1280. The van der Waals surface area contributed by atoms with Crippen molar-refractivity contribution in [1.29, 1.82) is 0 Å². The molecule has 0 aliphatic heterocycles. The number of halogens is 4. The number of benzene rings is 2. The highest BCUT2D eigenvalue weighted by Gasteiger charge is 2.17. The topological polar surface area (TPSA) is 4.93 Å². The minimum atomic E-state index is -1.13. The summed E-state index contributed by atoms with van der Waals surface area (Å²) in [5.74, 6) is 0.666. The fourth-order valence-corrected chi connectivity index (χ4v) is 5.45. The number of aromatic nitrogens is 1. The molecular weight excluding hydrogens is 576 g/mol. The molecule has 1 aromatic heterocycles. The summed E-state index contributed by atoms with van der Waals surface area (Å²) in [6.07, 6.45) is 18.6. The van der Waals surface area contributed by atoms with E-state index in [1.807, 2.05) is 24.0 Å². The highest BCUT2D eigenvalue weighted by Crippen LogP contribution is 2.32. The van der Waals surface area contributed by atoms with Crippen LogP contribution in [0.2, 0.25) is 0 Å². The molecule has 2 aromatic carbocycles. The van der Waals surface area contributed by atoms with Crippen molar-refractivity contribution in [2.45, 2.75) is 60.7 Å². The van der Waals surface area contributed by atoms with E-state index < -0.39 is 3.79 Å². The molecule has 0 amide bonds. The average molecular weight is 609 g/mol. The molecular formula is C31H33Cl3FNS2. The standard InChI is InChI=1S/C31H33Cl3FNS2/c1-2-36-22-28(30(37)29(23-36)25-13-12-14-26(35)21-25)24-15-17-27(18-16-24)38-20-11-9-7-5-3-4-6-8-10-19-31(32,33)34/h3-4,9,11-18,21-23H,2,5-8,10,19-20H2,1H3/b4-3+,11-9+. The van der Waals surface area contributed by atoms with E-state index in [2.05, 4.69) is 66.3 Å². The number of nitrogens with zero attached hydrogens (tertiary/aromatic N) is 1. The van der Waals surface area contributed by atoms with Crippen molar-refractivity contribution in [3.8, 4) is 22.3 Å². The molecule has 202 valence electrons. The van der Waals surface area contributed by atoms with Gasteiger partial charge in [-0.2, -0.15) is 0 Å². The lowest BCUT2D eigenvalue weighted by Crippen LogP contribution is -2.00. The summed E-state index contributed by atoms with van der Waals surface area (Å²) in [4.78, 5) is 1.21. The van der Waals surface area contributed by atoms with Crippen LogP contribution in [0.3, 0.4) is 0 Å². The number of alkyl halides is 3. The van der Waals surface area contributed by atoms with Gasteiger partial charge < -0.3 is 4.57 Å². The first kappa shape index (κ1) is 31.0. The normalized spacial score (nSPS) is 12.1. The quantitative estimate of drug-likeness (QED) is 0.0625. The SMILES string of the molecule is CCn1cc(-c2ccc(SC/C=C/CC/C=C/CCCCC(Cl)(Cl)Cl)cc2)c(=S)c(-c2cccc(F)c2)c1. The lowest BCUT2D eigenvalue weighted by molar-refractivity contribution is 0.628. The lowest BCUT2D eigenvalue weighted by atomic mass is 10.0. The molecule has 3 rings (SSSR count). The fraction of sp³-hybridized carbons (Fsp3) is 0.323. The molecule has 0 radical (unpaired) electrons. The number of thioether (sulfide) groups is 1. The first-order chi connectivity index (χ1) is 18.3. The Morgan fingerprint density at radius 3 is 2.18 bits per heavy atom. The highest BCUT2D eigenvalue weighted by molar-refractivity contribution is 7.99.